The summed E-state index contributed by atoms with van der Waals surface area (Å²) in [7, 11) is 0. The molecule has 110 valence electrons. The van der Waals surface area contributed by atoms with E-state index in [0.29, 0.717) is 22.7 Å². The molecule has 0 N–H and O–H groups in total. The van der Waals surface area contributed by atoms with Crippen molar-refractivity contribution < 1.29 is 22.4 Å². The number of alkyl halides is 3. The number of benzene rings is 2. The fourth-order valence-corrected chi connectivity index (χ4v) is 2.15. The predicted octanol–water partition coefficient (Wildman–Crippen LogP) is 5.04. The number of halogens is 5. The van der Waals surface area contributed by atoms with E-state index in [1.54, 1.807) is 6.92 Å². The molecule has 0 unspecified atom stereocenters. The summed E-state index contributed by atoms with van der Waals surface area (Å²) >= 11 is 5.76. The van der Waals surface area contributed by atoms with Gasteiger partial charge in [0.25, 0.3) is 0 Å². The lowest BCUT2D eigenvalue weighted by atomic mass is 9.97. The van der Waals surface area contributed by atoms with E-state index in [-0.39, 0.29) is 11.1 Å². The van der Waals surface area contributed by atoms with Crippen LogP contribution in [0.25, 0.3) is 0 Å². The van der Waals surface area contributed by atoms with Crippen LogP contribution in [0.4, 0.5) is 17.6 Å². The van der Waals surface area contributed by atoms with Crippen LogP contribution in [0.1, 0.15) is 27.0 Å². The van der Waals surface area contributed by atoms with Crippen LogP contribution in [-0.2, 0) is 6.18 Å². The van der Waals surface area contributed by atoms with Gasteiger partial charge in [-0.3, -0.25) is 4.79 Å². The minimum Gasteiger partial charge on any atom is -0.289 e. The lowest BCUT2D eigenvalue weighted by Crippen LogP contribution is -2.11. The van der Waals surface area contributed by atoms with Gasteiger partial charge in [-0.1, -0.05) is 11.6 Å². The molecule has 0 radical (unpaired) electrons. The van der Waals surface area contributed by atoms with Gasteiger partial charge in [0, 0.05) is 16.1 Å². The predicted molar refractivity (Wildman–Crippen MR) is 71.0 cm³/mol. The molecule has 0 bridgehead atoms. The summed E-state index contributed by atoms with van der Waals surface area (Å²) in [6.07, 6.45) is -4.85. The molecule has 0 aliphatic rings. The van der Waals surface area contributed by atoms with Crippen LogP contribution in [0.5, 0.6) is 0 Å². The first kappa shape index (κ1) is 15.5. The van der Waals surface area contributed by atoms with Gasteiger partial charge in [0.1, 0.15) is 5.82 Å². The van der Waals surface area contributed by atoms with Gasteiger partial charge < -0.3 is 0 Å². The second-order valence-electron chi connectivity index (χ2n) is 4.48. The summed E-state index contributed by atoms with van der Waals surface area (Å²) in [6, 6.07) is 6.61. The number of hydrogen-bond acceptors (Lipinski definition) is 1. The number of carbonyl (C=O) groups is 1. The Morgan fingerprint density at radius 3 is 2.33 bits per heavy atom. The topological polar surface area (TPSA) is 17.1 Å². The largest absolute Gasteiger partial charge is 0.419 e. The highest BCUT2D eigenvalue weighted by Gasteiger charge is 2.34. The van der Waals surface area contributed by atoms with Gasteiger partial charge in [-0.25, -0.2) is 4.39 Å². The minimum atomic E-state index is -4.85. The molecule has 0 aliphatic heterocycles. The number of aryl methyl sites for hydroxylation is 1. The molecule has 0 saturated heterocycles. The number of hydrogen-bond donors (Lipinski definition) is 0. The molecule has 1 nitrogen and oxygen atoms in total. The Balaban J connectivity index is 2.49. The maximum absolute atomic E-state index is 13.2. The minimum absolute atomic E-state index is 0.221. The number of ketones is 1. The molecule has 2 aromatic rings. The van der Waals surface area contributed by atoms with Crippen LogP contribution < -0.4 is 0 Å². The van der Waals surface area contributed by atoms with Gasteiger partial charge in [-0.2, -0.15) is 13.2 Å². The molecule has 0 atom stereocenters. The first-order valence-electron chi connectivity index (χ1n) is 5.88. The Labute approximate surface area is 123 Å². The smallest absolute Gasteiger partial charge is 0.289 e. The van der Waals surface area contributed by atoms with E-state index in [2.05, 4.69) is 0 Å². The van der Waals surface area contributed by atoms with Crippen molar-refractivity contribution in [3.63, 3.8) is 0 Å². The van der Waals surface area contributed by atoms with Crippen molar-refractivity contribution in [2.24, 2.45) is 0 Å². The number of rotatable bonds is 2. The lowest BCUT2D eigenvalue weighted by Gasteiger charge is -2.10. The maximum Gasteiger partial charge on any atom is 0.419 e. The Bertz CT molecular complexity index is 707. The summed E-state index contributed by atoms with van der Waals surface area (Å²) in [4.78, 5) is 12.2. The molecule has 0 spiro atoms. The standard InChI is InChI=1S/C15H9ClF4O/c1-8-6-10(16)3-4-11(8)14(21)9-2-5-13(17)12(7-9)15(18,19)20/h2-7H,1H3. The molecule has 0 amide bonds. The van der Waals surface area contributed by atoms with E-state index < -0.39 is 23.3 Å². The van der Waals surface area contributed by atoms with Gasteiger partial charge in [0.2, 0.25) is 0 Å². The fourth-order valence-electron chi connectivity index (χ4n) is 1.92. The van der Waals surface area contributed by atoms with Crippen LogP contribution in [0.2, 0.25) is 5.02 Å². The van der Waals surface area contributed by atoms with Gasteiger partial charge in [0.15, 0.2) is 5.78 Å². The number of carbonyl (C=O) groups excluding carboxylic acids is 1. The van der Waals surface area contributed by atoms with Crippen molar-refractivity contribution in [2.75, 3.05) is 0 Å². The van der Waals surface area contributed by atoms with Crippen molar-refractivity contribution >= 4 is 17.4 Å². The summed E-state index contributed by atoms with van der Waals surface area (Å²) in [6.45, 7) is 1.62. The van der Waals surface area contributed by atoms with Crippen LogP contribution in [-0.4, -0.2) is 5.78 Å². The molecule has 0 fully saturated rings. The molecule has 0 aliphatic carbocycles. The second-order valence-corrected chi connectivity index (χ2v) is 4.92. The third-order valence-corrected chi connectivity index (χ3v) is 3.20. The molecule has 21 heavy (non-hydrogen) atoms. The first-order valence-corrected chi connectivity index (χ1v) is 6.25. The average Bonchev–Trinajstić information content (AvgIpc) is 2.37. The van der Waals surface area contributed by atoms with Crippen molar-refractivity contribution in [3.8, 4) is 0 Å². The Morgan fingerprint density at radius 1 is 1.10 bits per heavy atom. The monoisotopic (exact) mass is 316 g/mol. The fraction of sp³-hybridized carbons (Fsp3) is 0.133. The van der Waals surface area contributed by atoms with Gasteiger partial charge in [-0.05, 0) is 48.9 Å². The summed E-state index contributed by atoms with van der Waals surface area (Å²) in [5.74, 6) is -2.03. The van der Waals surface area contributed by atoms with Gasteiger partial charge in [0.05, 0.1) is 5.56 Å². The average molecular weight is 317 g/mol. The van der Waals surface area contributed by atoms with Crippen molar-refractivity contribution in [3.05, 3.63) is 69.5 Å². The summed E-state index contributed by atoms with van der Waals surface area (Å²) in [5.41, 5.74) is -0.932. The SMILES string of the molecule is Cc1cc(Cl)ccc1C(=O)c1ccc(F)c(C(F)(F)F)c1. The van der Waals surface area contributed by atoms with Crippen LogP contribution >= 0.6 is 11.6 Å². The molecule has 0 aromatic heterocycles. The van der Waals surface area contributed by atoms with Crippen LogP contribution in [0.15, 0.2) is 36.4 Å². The van der Waals surface area contributed by atoms with E-state index in [9.17, 15) is 22.4 Å². The highest BCUT2D eigenvalue weighted by Crippen LogP contribution is 2.32. The van der Waals surface area contributed by atoms with Crippen LogP contribution in [0.3, 0.4) is 0 Å². The zero-order valence-electron chi connectivity index (χ0n) is 10.8. The highest BCUT2D eigenvalue weighted by molar-refractivity contribution is 6.30. The first-order chi connectivity index (χ1) is 9.70. The van der Waals surface area contributed by atoms with E-state index in [0.717, 1.165) is 6.07 Å². The quantitative estimate of drug-likeness (QED) is 0.560. The van der Waals surface area contributed by atoms with E-state index in [1.807, 2.05) is 0 Å². The van der Waals surface area contributed by atoms with E-state index in [1.165, 1.54) is 18.2 Å². The van der Waals surface area contributed by atoms with Crippen molar-refractivity contribution in [1.29, 1.82) is 0 Å². The van der Waals surface area contributed by atoms with Crippen LogP contribution in [0, 0.1) is 12.7 Å². The molecular formula is C15H9ClF4O. The Kier molecular flexibility index (Phi) is 4.05. The van der Waals surface area contributed by atoms with Gasteiger partial charge >= 0.3 is 6.18 Å². The zero-order chi connectivity index (χ0) is 15.8. The maximum atomic E-state index is 13.2. The lowest BCUT2D eigenvalue weighted by molar-refractivity contribution is -0.140. The summed E-state index contributed by atoms with van der Waals surface area (Å²) < 4.78 is 51.2. The third-order valence-electron chi connectivity index (χ3n) is 2.97. The summed E-state index contributed by atoms with van der Waals surface area (Å²) in [5, 5.41) is 0.416. The Hall–Kier alpha value is -1.88. The molecule has 0 saturated carbocycles. The second kappa shape index (κ2) is 5.48. The normalized spacial score (nSPS) is 11.5. The van der Waals surface area contributed by atoms with Crippen molar-refractivity contribution in [2.45, 2.75) is 13.1 Å². The molecular weight excluding hydrogens is 308 g/mol. The zero-order valence-corrected chi connectivity index (χ0v) is 11.5. The molecule has 6 heteroatoms. The highest BCUT2D eigenvalue weighted by atomic mass is 35.5. The Morgan fingerprint density at radius 2 is 1.76 bits per heavy atom. The van der Waals surface area contributed by atoms with Crippen molar-refractivity contribution in [1.82, 2.24) is 0 Å². The van der Waals surface area contributed by atoms with E-state index in [4.69, 9.17) is 11.6 Å². The molecule has 2 aromatic carbocycles. The van der Waals surface area contributed by atoms with Gasteiger partial charge in [-0.15, -0.1) is 0 Å². The molecule has 2 rings (SSSR count). The third kappa shape index (κ3) is 3.24. The van der Waals surface area contributed by atoms with E-state index >= 15 is 0 Å². The molecule has 0 heterocycles.